The van der Waals surface area contributed by atoms with Crippen molar-refractivity contribution in [2.75, 3.05) is 19.8 Å². The Morgan fingerprint density at radius 3 is 2.79 bits per heavy atom. The van der Waals surface area contributed by atoms with Gasteiger partial charge in [-0.25, -0.2) is 4.39 Å². The molecule has 1 aliphatic rings. The van der Waals surface area contributed by atoms with E-state index >= 15 is 0 Å². The van der Waals surface area contributed by atoms with Crippen LogP contribution in [0.2, 0.25) is 5.02 Å². The third-order valence-corrected chi connectivity index (χ3v) is 4.81. The van der Waals surface area contributed by atoms with Crippen molar-refractivity contribution in [1.82, 2.24) is 10.6 Å². The molecule has 8 heteroatoms. The van der Waals surface area contributed by atoms with Gasteiger partial charge in [-0.05, 0) is 37.1 Å². The van der Waals surface area contributed by atoms with Crippen LogP contribution in [0.3, 0.4) is 0 Å². The van der Waals surface area contributed by atoms with E-state index in [1.54, 1.807) is 24.3 Å². The van der Waals surface area contributed by atoms with Crippen LogP contribution in [-0.2, 0) is 16.1 Å². The fraction of sp³-hybridized carbons (Fsp3) is 0.333. The second kappa shape index (κ2) is 10.2. The number of amides is 2. The summed E-state index contributed by atoms with van der Waals surface area (Å²) >= 11 is 5.92. The van der Waals surface area contributed by atoms with Crippen LogP contribution in [0.4, 0.5) is 4.39 Å². The Morgan fingerprint density at radius 2 is 2.03 bits per heavy atom. The van der Waals surface area contributed by atoms with Crippen molar-refractivity contribution in [3.8, 4) is 5.75 Å². The number of benzene rings is 2. The Hall–Kier alpha value is -2.64. The van der Waals surface area contributed by atoms with Gasteiger partial charge in [0.15, 0.2) is 6.61 Å². The highest BCUT2D eigenvalue weighted by molar-refractivity contribution is 6.33. The van der Waals surface area contributed by atoms with Crippen molar-refractivity contribution >= 4 is 23.4 Å². The number of hydrogen-bond acceptors (Lipinski definition) is 4. The summed E-state index contributed by atoms with van der Waals surface area (Å²) < 4.78 is 24.2. The molecule has 154 valence electrons. The van der Waals surface area contributed by atoms with Gasteiger partial charge in [-0.2, -0.15) is 0 Å². The molecule has 0 radical (unpaired) electrons. The van der Waals surface area contributed by atoms with Gasteiger partial charge in [0.05, 0.1) is 16.7 Å². The summed E-state index contributed by atoms with van der Waals surface area (Å²) in [7, 11) is 0. The van der Waals surface area contributed by atoms with Gasteiger partial charge in [0.25, 0.3) is 11.8 Å². The predicted molar refractivity (Wildman–Crippen MR) is 107 cm³/mol. The van der Waals surface area contributed by atoms with Crippen molar-refractivity contribution in [3.05, 3.63) is 64.4 Å². The second-order valence-electron chi connectivity index (χ2n) is 6.64. The molecule has 0 bridgehead atoms. The van der Waals surface area contributed by atoms with Crippen LogP contribution in [0.5, 0.6) is 5.75 Å². The van der Waals surface area contributed by atoms with E-state index in [0.717, 1.165) is 25.5 Å². The van der Waals surface area contributed by atoms with Crippen LogP contribution >= 0.6 is 11.6 Å². The van der Waals surface area contributed by atoms with E-state index in [4.69, 9.17) is 21.1 Å². The highest BCUT2D eigenvalue weighted by Gasteiger charge is 2.17. The lowest BCUT2D eigenvalue weighted by Crippen LogP contribution is -2.35. The Kier molecular flexibility index (Phi) is 7.43. The molecule has 6 nitrogen and oxygen atoms in total. The van der Waals surface area contributed by atoms with Crippen LogP contribution < -0.4 is 15.4 Å². The highest BCUT2D eigenvalue weighted by atomic mass is 35.5. The number of carbonyl (C=O) groups excluding carboxylic acids is 2. The number of rotatable bonds is 8. The van der Waals surface area contributed by atoms with Crippen molar-refractivity contribution in [1.29, 1.82) is 0 Å². The quantitative estimate of drug-likeness (QED) is 0.688. The molecule has 1 unspecified atom stereocenters. The standard InChI is InChI=1S/C21H22ClFN2O4/c22-18-10-15(23)7-8-17(18)21(27)25-11-14-4-1-2-6-19(14)29-13-20(26)24-12-16-5-3-9-28-16/h1-2,4,6-8,10,16H,3,5,9,11-13H2,(H,24,26)(H,25,27). The molecule has 3 rings (SSSR count). The molecule has 0 aliphatic carbocycles. The zero-order chi connectivity index (χ0) is 20.6. The lowest BCUT2D eigenvalue weighted by molar-refractivity contribution is -0.123. The first-order chi connectivity index (χ1) is 14.0. The molecule has 2 aromatic carbocycles. The van der Waals surface area contributed by atoms with Gasteiger partial charge in [0.2, 0.25) is 0 Å². The number of para-hydroxylation sites is 1. The minimum absolute atomic E-state index is 0.0370. The van der Waals surface area contributed by atoms with E-state index in [1.165, 1.54) is 12.1 Å². The molecule has 1 fully saturated rings. The van der Waals surface area contributed by atoms with Crippen molar-refractivity contribution in [3.63, 3.8) is 0 Å². The topological polar surface area (TPSA) is 76.7 Å². The maximum atomic E-state index is 13.1. The highest BCUT2D eigenvalue weighted by Crippen LogP contribution is 2.20. The van der Waals surface area contributed by atoms with Gasteiger partial charge in [-0.3, -0.25) is 9.59 Å². The molecule has 1 atom stereocenters. The zero-order valence-electron chi connectivity index (χ0n) is 15.8. The molecule has 0 saturated carbocycles. The summed E-state index contributed by atoms with van der Waals surface area (Å²) in [6.45, 7) is 1.24. The molecular formula is C21H22ClFN2O4. The second-order valence-corrected chi connectivity index (χ2v) is 7.05. The molecule has 1 heterocycles. The minimum atomic E-state index is -0.511. The first kappa shape index (κ1) is 21.1. The van der Waals surface area contributed by atoms with Gasteiger partial charge in [-0.1, -0.05) is 29.8 Å². The molecule has 1 saturated heterocycles. The normalized spacial score (nSPS) is 15.7. The average molecular weight is 421 g/mol. The number of ether oxygens (including phenoxy) is 2. The largest absolute Gasteiger partial charge is 0.483 e. The van der Waals surface area contributed by atoms with Crippen LogP contribution in [0.15, 0.2) is 42.5 Å². The smallest absolute Gasteiger partial charge is 0.258 e. The van der Waals surface area contributed by atoms with Crippen molar-refractivity contribution < 1.29 is 23.5 Å². The molecule has 29 heavy (non-hydrogen) atoms. The van der Waals surface area contributed by atoms with Crippen LogP contribution in [-0.4, -0.2) is 37.7 Å². The van der Waals surface area contributed by atoms with E-state index < -0.39 is 11.7 Å². The van der Waals surface area contributed by atoms with E-state index in [9.17, 15) is 14.0 Å². The van der Waals surface area contributed by atoms with E-state index in [-0.39, 0.29) is 35.7 Å². The summed E-state index contributed by atoms with van der Waals surface area (Å²) in [4.78, 5) is 24.3. The van der Waals surface area contributed by atoms with E-state index in [1.807, 2.05) is 0 Å². The van der Waals surface area contributed by atoms with Crippen LogP contribution in [0, 0.1) is 5.82 Å². The summed E-state index contributed by atoms with van der Waals surface area (Å²) in [6, 6.07) is 10.7. The fourth-order valence-electron chi connectivity index (χ4n) is 2.96. The van der Waals surface area contributed by atoms with Gasteiger partial charge in [-0.15, -0.1) is 0 Å². The number of carbonyl (C=O) groups is 2. The molecule has 2 N–H and O–H groups in total. The summed E-state index contributed by atoms with van der Waals surface area (Å²) in [6.07, 6.45) is 2.03. The zero-order valence-corrected chi connectivity index (χ0v) is 16.5. The lowest BCUT2D eigenvalue weighted by Gasteiger charge is -2.14. The predicted octanol–water partition coefficient (Wildman–Crippen LogP) is 3.08. The maximum Gasteiger partial charge on any atom is 0.258 e. The first-order valence-corrected chi connectivity index (χ1v) is 9.73. The number of hydrogen-bond donors (Lipinski definition) is 2. The SMILES string of the molecule is O=C(COc1ccccc1CNC(=O)c1ccc(F)cc1Cl)NCC1CCCO1. The molecule has 0 aromatic heterocycles. The Labute approximate surface area is 173 Å². The van der Waals surface area contributed by atoms with E-state index in [0.29, 0.717) is 17.9 Å². The third kappa shape index (κ3) is 6.17. The first-order valence-electron chi connectivity index (χ1n) is 9.35. The molecule has 0 spiro atoms. The lowest BCUT2D eigenvalue weighted by atomic mass is 10.1. The molecule has 1 aliphatic heterocycles. The third-order valence-electron chi connectivity index (χ3n) is 4.50. The van der Waals surface area contributed by atoms with Crippen LogP contribution in [0.25, 0.3) is 0 Å². The van der Waals surface area contributed by atoms with Crippen LogP contribution in [0.1, 0.15) is 28.8 Å². The summed E-state index contributed by atoms with van der Waals surface area (Å²) in [5, 5.41) is 5.55. The van der Waals surface area contributed by atoms with Gasteiger partial charge in [0, 0.05) is 25.3 Å². The van der Waals surface area contributed by atoms with Crippen molar-refractivity contribution in [2.24, 2.45) is 0 Å². The number of nitrogens with one attached hydrogen (secondary N) is 2. The Bertz CT molecular complexity index is 872. The molecular weight excluding hydrogens is 399 g/mol. The Morgan fingerprint density at radius 1 is 1.21 bits per heavy atom. The molecule has 2 aromatic rings. The Balaban J connectivity index is 1.51. The van der Waals surface area contributed by atoms with Gasteiger partial charge in [0.1, 0.15) is 11.6 Å². The maximum absolute atomic E-state index is 13.1. The molecule has 2 amide bonds. The van der Waals surface area contributed by atoms with Crippen molar-refractivity contribution in [2.45, 2.75) is 25.5 Å². The van der Waals surface area contributed by atoms with E-state index in [2.05, 4.69) is 10.6 Å². The van der Waals surface area contributed by atoms with Gasteiger partial charge >= 0.3 is 0 Å². The average Bonchev–Trinajstić information content (AvgIpc) is 3.23. The number of halogens is 2. The summed E-state index contributed by atoms with van der Waals surface area (Å²) in [5.74, 6) is -0.690. The monoisotopic (exact) mass is 420 g/mol. The van der Waals surface area contributed by atoms with Gasteiger partial charge < -0.3 is 20.1 Å². The summed E-state index contributed by atoms with van der Waals surface area (Å²) in [5.41, 5.74) is 0.881. The fourth-order valence-corrected chi connectivity index (χ4v) is 3.22. The minimum Gasteiger partial charge on any atom is -0.483 e.